The maximum atomic E-state index is 13.0. The van der Waals surface area contributed by atoms with Crippen molar-refractivity contribution in [3.63, 3.8) is 0 Å². The van der Waals surface area contributed by atoms with Gasteiger partial charge in [-0.3, -0.25) is 4.79 Å². The Bertz CT molecular complexity index is 903. The molecular weight excluding hydrogens is 330 g/mol. The van der Waals surface area contributed by atoms with E-state index >= 15 is 0 Å². The molecule has 1 aliphatic heterocycles. The number of nitrogens with zero attached hydrogens (tertiary/aromatic N) is 4. The summed E-state index contributed by atoms with van der Waals surface area (Å²) in [4.78, 5) is 13.0. The van der Waals surface area contributed by atoms with Crippen molar-refractivity contribution in [1.29, 1.82) is 0 Å². The van der Waals surface area contributed by atoms with E-state index in [1.54, 1.807) is 21.8 Å². The summed E-state index contributed by atoms with van der Waals surface area (Å²) in [6.45, 7) is 2.29. The first-order chi connectivity index (χ1) is 12.6. The molecule has 1 aliphatic rings. The quantitative estimate of drug-likeness (QED) is 0.784. The van der Waals surface area contributed by atoms with E-state index in [1.165, 1.54) is 5.56 Å². The standard InChI is InChI=1S/C19H21N5O2/c1-13-17(19(23(2)22-13)24-11-5-10-20-24)18(25)21-15-9-8-14-6-3-4-7-16(14)26-12-15/h3-7,10-11,15H,8-9,12H2,1-2H3,(H,21,25). The lowest BCUT2D eigenvalue weighted by molar-refractivity contribution is 0.0920. The first-order valence-electron chi connectivity index (χ1n) is 8.68. The van der Waals surface area contributed by atoms with Gasteiger partial charge in [0.1, 0.15) is 17.9 Å². The summed E-state index contributed by atoms with van der Waals surface area (Å²) >= 11 is 0. The molecule has 1 aromatic carbocycles. The van der Waals surface area contributed by atoms with E-state index < -0.39 is 0 Å². The molecule has 3 heterocycles. The van der Waals surface area contributed by atoms with Gasteiger partial charge in [-0.2, -0.15) is 10.2 Å². The minimum Gasteiger partial charge on any atom is -0.491 e. The summed E-state index contributed by atoms with van der Waals surface area (Å²) in [5.41, 5.74) is 2.39. The fourth-order valence-corrected chi connectivity index (χ4v) is 3.39. The van der Waals surface area contributed by atoms with Crippen LogP contribution in [-0.2, 0) is 13.5 Å². The average molecular weight is 351 g/mol. The number of nitrogens with one attached hydrogen (secondary N) is 1. The summed E-state index contributed by atoms with van der Waals surface area (Å²) < 4.78 is 9.22. The monoisotopic (exact) mass is 351 g/mol. The number of para-hydroxylation sites is 1. The zero-order valence-corrected chi connectivity index (χ0v) is 14.8. The molecule has 0 saturated heterocycles. The van der Waals surface area contributed by atoms with Gasteiger partial charge in [0, 0.05) is 19.4 Å². The van der Waals surface area contributed by atoms with Crippen LogP contribution in [0.5, 0.6) is 5.75 Å². The lowest BCUT2D eigenvalue weighted by atomic mass is 10.1. The Morgan fingerprint density at radius 1 is 1.31 bits per heavy atom. The molecule has 4 rings (SSSR count). The summed E-state index contributed by atoms with van der Waals surface area (Å²) in [5.74, 6) is 1.41. The first-order valence-corrected chi connectivity index (χ1v) is 8.68. The van der Waals surface area contributed by atoms with Crippen LogP contribution in [-0.4, -0.2) is 38.1 Å². The second kappa shape index (κ2) is 6.67. The summed E-state index contributed by atoms with van der Waals surface area (Å²) in [6.07, 6.45) is 5.19. The van der Waals surface area contributed by atoms with Gasteiger partial charge in [0.25, 0.3) is 5.91 Å². The second-order valence-electron chi connectivity index (χ2n) is 6.49. The molecule has 134 valence electrons. The molecule has 26 heavy (non-hydrogen) atoms. The number of aromatic nitrogens is 4. The van der Waals surface area contributed by atoms with E-state index in [9.17, 15) is 4.79 Å². The van der Waals surface area contributed by atoms with Crippen LogP contribution in [0.15, 0.2) is 42.7 Å². The fraction of sp³-hybridized carbons (Fsp3) is 0.316. The highest BCUT2D eigenvalue weighted by atomic mass is 16.5. The van der Waals surface area contributed by atoms with Crippen molar-refractivity contribution in [3.8, 4) is 11.6 Å². The fourth-order valence-electron chi connectivity index (χ4n) is 3.39. The molecule has 0 fully saturated rings. The maximum absolute atomic E-state index is 13.0. The highest BCUT2D eigenvalue weighted by Gasteiger charge is 2.25. The number of carbonyl (C=O) groups is 1. The largest absolute Gasteiger partial charge is 0.491 e. The smallest absolute Gasteiger partial charge is 0.257 e. The zero-order chi connectivity index (χ0) is 18.1. The number of rotatable bonds is 3. The molecule has 0 spiro atoms. The third-order valence-corrected chi connectivity index (χ3v) is 4.65. The lowest BCUT2D eigenvalue weighted by Crippen LogP contribution is -2.39. The van der Waals surface area contributed by atoms with Gasteiger partial charge in [0.2, 0.25) is 0 Å². The Kier molecular flexibility index (Phi) is 4.20. The van der Waals surface area contributed by atoms with Gasteiger partial charge in [0.15, 0.2) is 5.82 Å². The Hall–Kier alpha value is -3.09. The molecule has 0 bridgehead atoms. The van der Waals surface area contributed by atoms with E-state index in [-0.39, 0.29) is 11.9 Å². The number of aryl methyl sites for hydroxylation is 3. The number of hydrogen-bond acceptors (Lipinski definition) is 4. The highest BCUT2D eigenvalue weighted by molar-refractivity contribution is 5.98. The van der Waals surface area contributed by atoms with Crippen LogP contribution in [0.3, 0.4) is 0 Å². The van der Waals surface area contributed by atoms with Crippen LogP contribution < -0.4 is 10.1 Å². The van der Waals surface area contributed by atoms with Gasteiger partial charge >= 0.3 is 0 Å². The molecule has 0 aliphatic carbocycles. The molecule has 3 aromatic rings. The minimum atomic E-state index is -0.152. The van der Waals surface area contributed by atoms with Crippen molar-refractivity contribution < 1.29 is 9.53 Å². The molecule has 1 unspecified atom stereocenters. The van der Waals surface area contributed by atoms with Crippen molar-refractivity contribution in [3.05, 3.63) is 59.5 Å². The van der Waals surface area contributed by atoms with E-state index in [4.69, 9.17) is 4.74 Å². The van der Waals surface area contributed by atoms with Crippen molar-refractivity contribution in [1.82, 2.24) is 24.9 Å². The van der Waals surface area contributed by atoms with Crippen molar-refractivity contribution in [2.75, 3.05) is 6.61 Å². The Balaban J connectivity index is 1.55. The van der Waals surface area contributed by atoms with E-state index in [0.29, 0.717) is 23.7 Å². The van der Waals surface area contributed by atoms with Crippen molar-refractivity contribution in [2.24, 2.45) is 7.05 Å². The van der Waals surface area contributed by atoms with Crippen LogP contribution in [0.4, 0.5) is 0 Å². The van der Waals surface area contributed by atoms with Crippen molar-refractivity contribution in [2.45, 2.75) is 25.8 Å². The molecule has 0 saturated carbocycles. The highest BCUT2D eigenvalue weighted by Crippen LogP contribution is 2.24. The van der Waals surface area contributed by atoms with E-state index in [1.807, 2.05) is 38.2 Å². The number of fused-ring (bicyclic) bond motifs is 1. The van der Waals surface area contributed by atoms with Crippen molar-refractivity contribution >= 4 is 5.91 Å². The maximum Gasteiger partial charge on any atom is 0.257 e. The molecule has 0 radical (unpaired) electrons. The van der Waals surface area contributed by atoms with Crippen LogP contribution in [0.2, 0.25) is 0 Å². The van der Waals surface area contributed by atoms with Gasteiger partial charge in [0.05, 0.1) is 11.7 Å². The molecule has 1 atom stereocenters. The van der Waals surface area contributed by atoms with E-state index in [0.717, 1.165) is 18.6 Å². The van der Waals surface area contributed by atoms with Gasteiger partial charge < -0.3 is 10.1 Å². The summed E-state index contributed by atoms with van der Waals surface area (Å²) in [5, 5.41) is 11.7. The SMILES string of the molecule is Cc1nn(C)c(-n2cccn2)c1C(=O)NC1CCc2ccccc2OC1. The number of ether oxygens (including phenoxy) is 1. The van der Waals surface area contributed by atoms with Gasteiger partial charge in [-0.25, -0.2) is 9.36 Å². The molecule has 2 aromatic heterocycles. The third kappa shape index (κ3) is 2.96. The van der Waals surface area contributed by atoms with Crippen LogP contribution in [0.25, 0.3) is 5.82 Å². The number of amides is 1. The molecule has 7 nitrogen and oxygen atoms in total. The molecule has 1 N–H and O–H groups in total. The van der Waals surface area contributed by atoms with Gasteiger partial charge in [-0.15, -0.1) is 0 Å². The van der Waals surface area contributed by atoms with Crippen LogP contribution in [0.1, 0.15) is 28.0 Å². The number of hydrogen-bond donors (Lipinski definition) is 1. The van der Waals surface area contributed by atoms with Crippen LogP contribution >= 0.6 is 0 Å². The number of benzene rings is 1. The predicted octanol–water partition coefficient (Wildman–Crippen LogP) is 2.04. The second-order valence-corrected chi connectivity index (χ2v) is 6.49. The Morgan fingerprint density at radius 3 is 2.96 bits per heavy atom. The minimum absolute atomic E-state index is 0.0556. The van der Waals surface area contributed by atoms with Crippen LogP contribution in [0, 0.1) is 6.92 Å². The summed E-state index contributed by atoms with van der Waals surface area (Å²) in [7, 11) is 1.81. The van der Waals surface area contributed by atoms with E-state index in [2.05, 4.69) is 21.6 Å². The lowest BCUT2D eigenvalue weighted by Gasteiger charge is -2.16. The van der Waals surface area contributed by atoms with Gasteiger partial charge in [-0.1, -0.05) is 18.2 Å². The van der Waals surface area contributed by atoms with Gasteiger partial charge in [-0.05, 0) is 37.5 Å². The summed E-state index contributed by atoms with van der Waals surface area (Å²) in [6, 6.07) is 9.78. The normalized spacial score (nSPS) is 16.5. The topological polar surface area (TPSA) is 74.0 Å². The number of carbonyl (C=O) groups excluding carboxylic acids is 1. The Labute approximate surface area is 151 Å². The average Bonchev–Trinajstić information content (AvgIpc) is 3.19. The molecular formula is C19H21N5O2. The predicted molar refractivity (Wildman–Crippen MR) is 96.6 cm³/mol. The third-order valence-electron chi connectivity index (χ3n) is 4.65. The molecule has 1 amide bonds. The Morgan fingerprint density at radius 2 is 2.15 bits per heavy atom. The zero-order valence-electron chi connectivity index (χ0n) is 14.8. The molecule has 7 heteroatoms. The first kappa shape index (κ1) is 16.4.